The molecule has 6 heteroatoms. The van der Waals surface area contributed by atoms with Gasteiger partial charge in [0.25, 0.3) is 0 Å². The molecule has 4 aromatic rings. The summed E-state index contributed by atoms with van der Waals surface area (Å²) in [5.74, 6) is 1.58. The van der Waals surface area contributed by atoms with Gasteiger partial charge in [0.1, 0.15) is 0 Å². The number of hydrogen-bond acceptors (Lipinski definition) is 6. The van der Waals surface area contributed by atoms with Crippen molar-refractivity contribution < 1.29 is 0 Å². The lowest BCUT2D eigenvalue weighted by Crippen LogP contribution is -2.15. The minimum absolute atomic E-state index is 0.0482. The lowest BCUT2D eigenvalue weighted by atomic mass is 9.87. The fraction of sp³-hybridized carbons (Fsp3) is 0.300. The molecular weight excluding hydrogens is 444 g/mol. The van der Waals surface area contributed by atoms with E-state index in [1.54, 1.807) is 0 Å². The molecule has 6 nitrogen and oxygen atoms in total. The molecule has 4 rings (SSSR count). The second-order valence-corrected chi connectivity index (χ2v) is 10.2. The van der Waals surface area contributed by atoms with E-state index in [0.29, 0.717) is 30.9 Å². The molecule has 0 saturated heterocycles. The minimum atomic E-state index is 0.0482. The van der Waals surface area contributed by atoms with E-state index in [0.717, 1.165) is 5.56 Å². The molecule has 186 valence electrons. The summed E-state index contributed by atoms with van der Waals surface area (Å²) in [6.07, 6.45) is 0. The zero-order valence-corrected chi connectivity index (χ0v) is 21.8. The second kappa shape index (κ2) is 11.2. The predicted octanol–water partition coefficient (Wildman–Crippen LogP) is 6.87. The van der Waals surface area contributed by atoms with Crippen LogP contribution in [0.2, 0.25) is 0 Å². The highest BCUT2D eigenvalue weighted by molar-refractivity contribution is 5.44. The van der Waals surface area contributed by atoms with Crippen molar-refractivity contribution in [1.29, 1.82) is 0 Å². The average molecular weight is 481 g/mol. The molecule has 1 atom stereocenters. The van der Waals surface area contributed by atoms with E-state index in [9.17, 15) is 0 Å². The number of nitrogens with zero attached hydrogens (tertiary/aromatic N) is 3. The van der Waals surface area contributed by atoms with E-state index in [1.807, 2.05) is 18.2 Å². The SMILES string of the molecule is Cc1cccc(C(C)Nc2nc(NCc3ccccc3)nc(NCc3ccc(C(C)(C)C)cc3)n2)c1. The fourth-order valence-electron chi connectivity index (χ4n) is 3.90. The van der Waals surface area contributed by atoms with Gasteiger partial charge in [0, 0.05) is 13.1 Å². The van der Waals surface area contributed by atoms with Crippen LogP contribution in [0.5, 0.6) is 0 Å². The topological polar surface area (TPSA) is 74.8 Å². The third kappa shape index (κ3) is 7.04. The predicted molar refractivity (Wildman–Crippen MR) is 149 cm³/mol. The van der Waals surface area contributed by atoms with Gasteiger partial charge >= 0.3 is 0 Å². The van der Waals surface area contributed by atoms with Crippen LogP contribution in [0.4, 0.5) is 17.8 Å². The highest BCUT2D eigenvalue weighted by atomic mass is 15.3. The van der Waals surface area contributed by atoms with Crippen LogP contribution in [0.3, 0.4) is 0 Å². The number of rotatable bonds is 9. The lowest BCUT2D eigenvalue weighted by Gasteiger charge is -2.19. The summed E-state index contributed by atoms with van der Waals surface area (Å²) in [5, 5.41) is 10.2. The summed E-state index contributed by atoms with van der Waals surface area (Å²) in [6.45, 7) is 12.1. The number of aryl methyl sites for hydroxylation is 1. The molecule has 0 aliphatic rings. The summed E-state index contributed by atoms with van der Waals surface area (Å²) in [5.41, 5.74) is 6.19. The first-order valence-corrected chi connectivity index (χ1v) is 12.5. The van der Waals surface area contributed by atoms with Crippen LogP contribution in [-0.4, -0.2) is 15.0 Å². The molecule has 0 aliphatic heterocycles. The quantitative estimate of drug-likeness (QED) is 0.243. The Labute approximate surface area is 214 Å². The first kappa shape index (κ1) is 25.2. The number of benzene rings is 3. The number of anilines is 3. The van der Waals surface area contributed by atoms with Gasteiger partial charge in [-0.2, -0.15) is 15.0 Å². The largest absolute Gasteiger partial charge is 0.350 e. The van der Waals surface area contributed by atoms with Crippen molar-refractivity contribution in [2.75, 3.05) is 16.0 Å². The van der Waals surface area contributed by atoms with Crippen molar-refractivity contribution in [1.82, 2.24) is 15.0 Å². The van der Waals surface area contributed by atoms with Crippen molar-refractivity contribution in [2.24, 2.45) is 0 Å². The van der Waals surface area contributed by atoms with Crippen LogP contribution in [0.25, 0.3) is 0 Å². The first-order valence-electron chi connectivity index (χ1n) is 12.5. The summed E-state index contributed by atoms with van der Waals surface area (Å²) in [4.78, 5) is 13.9. The van der Waals surface area contributed by atoms with Gasteiger partial charge in [-0.15, -0.1) is 0 Å². The number of aromatic nitrogens is 3. The molecule has 0 amide bonds. The van der Waals surface area contributed by atoms with E-state index in [2.05, 4.69) is 126 Å². The molecule has 3 N–H and O–H groups in total. The Hall–Kier alpha value is -3.93. The van der Waals surface area contributed by atoms with Crippen molar-refractivity contribution in [3.8, 4) is 0 Å². The van der Waals surface area contributed by atoms with Crippen LogP contribution in [-0.2, 0) is 18.5 Å². The molecule has 1 aromatic heterocycles. The second-order valence-electron chi connectivity index (χ2n) is 10.2. The molecule has 36 heavy (non-hydrogen) atoms. The zero-order chi connectivity index (χ0) is 25.5. The van der Waals surface area contributed by atoms with E-state index < -0.39 is 0 Å². The van der Waals surface area contributed by atoms with Gasteiger partial charge in [-0.3, -0.25) is 0 Å². The van der Waals surface area contributed by atoms with Gasteiger partial charge in [0.05, 0.1) is 6.04 Å². The van der Waals surface area contributed by atoms with E-state index in [1.165, 1.54) is 22.3 Å². The van der Waals surface area contributed by atoms with Gasteiger partial charge in [-0.25, -0.2) is 0 Å². The van der Waals surface area contributed by atoms with Gasteiger partial charge in [-0.05, 0) is 41.5 Å². The Kier molecular flexibility index (Phi) is 7.84. The molecule has 1 unspecified atom stereocenters. The molecular formula is C30H36N6. The zero-order valence-electron chi connectivity index (χ0n) is 21.8. The van der Waals surface area contributed by atoms with Crippen LogP contribution < -0.4 is 16.0 Å². The summed E-state index contributed by atoms with van der Waals surface area (Å²) in [7, 11) is 0. The fourth-order valence-corrected chi connectivity index (χ4v) is 3.90. The molecule has 3 aromatic carbocycles. The Morgan fingerprint density at radius 1 is 0.694 bits per heavy atom. The standard InChI is InChI=1S/C30H36N6/c1-21-10-9-13-25(18-21)22(2)33-29-35-27(31-19-23-11-7-6-8-12-23)34-28(36-29)32-20-24-14-16-26(17-15-24)30(3,4)5/h6-18,22H,19-20H2,1-5H3,(H3,31,32,33,34,35,36). The van der Waals surface area contributed by atoms with Crippen LogP contribution >= 0.6 is 0 Å². The molecule has 0 spiro atoms. The van der Waals surface area contributed by atoms with Crippen molar-refractivity contribution in [2.45, 2.75) is 59.2 Å². The highest BCUT2D eigenvalue weighted by Gasteiger charge is 2.14. The Balaban J connectivity index is 1.51. The molecule has 1 heterocycles. The maximum Gasteiger partial charge on any atom is 0.229 e. The van der Waals surface area contributed by atoms with Crippen molar-refractivity contribution in [3.63, 3.8) is 0 Å². The lowest BCUT2D eigenvalue weighted by molar-refractivity contribution is 0.590. The monoisotopic (exact) mass is 480 g/mol. The van der Waals surface area contributed by atoms with Gasteiger partial charge < -0.3 is 16.0 Å². The van der Waals surface area contributed by atoms with E-state index in [4.69, 9.17) is 0 Å². The molecule has 0 saturated carbocycles. The van der Waals surface area contributed by atoms with Crippen LogP contribution in [0.15, 0.2) is 78.9 Å². The normalized spacial score (nSPS) is 12.1. The summed E-state index contributed by atoms with van der Waals surface area (Å²) in [6, 6.07) is 27.4. The molecule has 0 aliphatic carbocycles. The minimum Gasteiger partial charge on any atom is -0.350 e. The number of nitrogens with one attached hydrogen (secondary N) is 3. The van der Waals surface area contributed by atoms with Gasteiger partial charge in [0.2, 0.25) is 17.8 Å². The van der Waals surface area contributed by atoms with Crippen LogP contribution in [0.1, 0.15) is 61.6 Å². The summed E-state index contributed by atoms with van der Waals surface area (Å²) >= 11 is 0. The van der Waals surface area contributed by atoms with Crippen molar-refractivity contribution >= 4 is 17.8 Å². The third-order valence-corrected chi connectivity index (χ3v) is 6.09. The van der Waals surface area contributed by atoms with E-state index in [-0.39, 0.29) is 11.5 Å². The Bertz CT molecular complexity index is 1260. The maximum absolute atomic E-state index is 4.66. The van der Waals surface area contributed by atoms with E-state index >= 15 is 0 Å². The third-order valence-electron chi connectivity index (χ3n) is 6.09. The van der Waals surface area contributed by atoms with Crippen LogP contribution in [0, 0.1) is 6.92 Å². The molecule has 0 fully saturated rings. The van der Waals surface area contributed by atoms with Gasteiger partial charge in [0.15, 0.2) is 0 Å². The smallest absolute Gasteiger partial charge is 0.229 e. The molecule has 0 bridgehead atoms. The Morgan fingerprint density at radius 2 is 1.28 bits per heavy atom. The maximum atomic E-state index is 4.66. The number of hydrogen-bond donors (Lipinski definition) is 3. The Morgan fingerprint density at radius 3 is 1.86 bits per heavy atom. The molecule has 0 radical (unpaired) electrons. The highest BCUT2D eigenvalue weighted by Crippen LogP contribution is 2.23. The van der Waals surface area contributed by atoms with Gasteiger partial charge in [-0.1, -0.05) is 105 Å². The van der Waals surface area contributed by atoms with Crippen molar-refractivity contribution in [3.05, 3.63) is 107 Å². The summed E-state index contributed by atoms with van der Waals surface area (Å²) < 4.78 is 0. The first-order chi connectivity index (χ1) is 17.3. The average Bonchev–Trinajstić information content (AvgIpc) is 2.86.